The van der Waals surface area contributed by atoms with Gasteiger partial charge >= 0.3 is 0 Å². The molecule has 1 saturated heterocycles. The van der Waals surface area contributed by atoms with Gasteiger partial charge in [-0.3, -0.25) is 9.59 Å². The molecule has 0 radical (unpaired) electrons. The number of aromatic nitrogens is 3. The highest BCUT2D eigenvalue weighted by Crippen LogP contribution is 2.02. The Labute approximate surface area is 92.2 Å². The van der Waals surface area contributed by atoms with Crippen LogP contribution in [0.2, 0.25) is 0 Å². The lowest BCUT2D eigenvalue weighted by atomic mass is 10.1. The minimum absolute atomic E-state index is 0.0220. The molecule has 1 aromatic rings. The summed E-state index contributed by atoms with van der Waals surface area (Å²) in [4.78, 5) is 26.2. The molecule has 86 valence electrons. The van der Waals surface area contributed by atoms with Crippen molar-refractivity contribution in [2.75, 3.05) is 6.54 Å². The highest BCUT2D eigenvalue weighted by atomic mass is 16.2. The molecule has 0 bridgehead atoms. The quantitative estimate of drug-likeness (QED) is 0.664. The van der Waals surface area contributed by atoms with Crippen LogP contribution in [-0.2, 0) is 16.1 Å². The van der Waals surface area contributed by atoms with Gasteiger partial charge in [-0.15, -0.1) is 0 Å². The lowest BCUT2D eigenvalue weighted by Gasteiger charge is -2.23. The smallest absolute Gasteiger partial charge is 0.242 e. The highest BCUT2D eigenvalue weighted by Gasteiger charge is 2.19. The van der Waals surface area contributed by atoms with Crippen LogP contribution in [-0.4, -0.2) is 39.2 Å². The summed E-state index contributed by atoms with van der Waals surface area (Å²) in [5.41, 5.74) is 0. The highest BCUT2D eigenvalue weighted by molar-refractivity contribution is 5.78. The molecule has 0 aliphatic carbocycles. The Balaban J connectivity index is 1.77. The molecule has 2 heterocycles. The van der Waals surface area contributed by atoms with Crippen LogP contribution in [0.3, 0.4) is 0 Å². The average molecular weight is 223 g/mol. The van der Waals surface area contributed by atoms with Gasteiger partial charge in [-0.2, -0.15) is 5.10 Å². The molecular formula is C9H13N5O2. The van der Waals surface area contributed by atoms with Gasteiger partial charge in [-0.05, 0) is 6.42 Å². The van der Waals surface area contributed by atoms with Crippen molar-refractivity contribution in [1.29, 1.82) is 0 Å². The van der Waals surface area contributed by atoms with E-state index in [9.17, 15) is 9.59 Å². The topological polar surface area (TPSA) is 88.9 Å². The van der Waals surface area contributed by atoms with Crippen LogP contribution in [0.5, 0.6) is 0 Å². The third kappa shape index (κ3) is 2.78. The van der Waals surface area contributed by atoms with Crippen LogP contribution in [0.15, 0.2) is 12.7 Å². The number of rotatable bonds is 3. The Bertz CT molecular complexity index is 365. The summed E-state index contributed by atoms with van der Waals surface area (Å²) in [6.07, 6.45) is 4.03. The van der Waals surface area contributed by atoms with Gasteiger partial charge in [0.05, 0.1) is 0 Å². The summed E-state index contributed by atoms with van der Waals surface area (Å²) in [5, 5.41) is 9.38. The number of carbonyl (C=O) groups excluding carboxylic acids is 2. The van der Waals surface area contributed by atoms with E-state index >= 15 is 0 Å². The first-order valence-corrected chi connectivity index (χ1v) is 5.12. The molecule has 1 fully saturated rings. The molecule has 0 saturated carbocycles. The van der Waals surface area contributed by atoms with Gasteiger partial charge in [0.25, 0.3) is 0 Å². The number of piperidine rings is 1. The SMILES string of the molecule is O=C1CCC(NC(=O)Cn2cncn2)CN1. The van der Waals surface area contributed by atoms with E-state index in [0.717, 1.165) is 0 Å². The predicted molar refractivity (Wildman–Crippen MR) is 54.2 cm³/mol. The first-order chi connectivity index (χ1) is 7.74. The van der Waals surface area contributed by atoms with Gasteiger partial charge in [0.2, 0.25) is 11.8 Å². The van der Waals surface area contributed by atoms with E-state index < -0.39 is 0 Å². The molecule has 2 rings (SSSR count). The van der Waals surface area contributed by atoms with Crippen LogP contribution in [0, 0.1) is 0 Å². The Kier molecular flexibility index (Phi) is 3.13. The van der Waals surface area contributed by atoms with Gasteiger partial charge in [0.15, 0.2) is 0 Å². The maximum Gasteiger partial charge on any atom is 0.242 e. The zero-order chi connectivity index (χ0) is 11.4. The summed E-state index contributed by atoms with van der Waals surface area (Å²) >= 11 is 0. The zero-order valence-corrected chi connectivity index (χ0v) is 8.72. The first-order valence-electron chi connectivity index (χ1n) is 5.12. The number of hydrogen-bond acceptors (Lipinski definition) is 4. The van der Waals surface area contributed by atoms with E-state index in [2.05, 4.69) is 20.7 Å². The van der Waals surface area contributed by atoms with Crippen LogP contribution < -0.4 is 10.6 Å². The summed E-state index contributed by atoms with van der Waals surface area (Å²) < 4.78 is 1.46. The largest absolute Gasteiger partial charge is 0.354 e. The fourth-order valence-corrected chi connectivity index (χ4v) is 1.59. The van der Waals surface area contributed by atoms with Gasteiger partial charge < -0.3 is 10.6 Å². The van der Waals surface area contributed by atoms with Gasteiger partial charge in [0.1, 0.15) is 19.2 Å². The zero-order valence-electron chi connectivity index (χ0n) is 8.72. The van der Waals surface area contributed by atoms with Crippen LogP contribution in [0.1, 0.15) is 12.8 Å². The second-order valence-electron chi connectivity index (χ2n) is 3.70. The van der Waals surface area contributed by atoms with Gasteiger partial charge in [0, 0.05) is 19.0 Å². The third-order valence-electron chi connectivity index (χ3n) is 2.40. The molecule has 7 nitrogen and oxygen atoms in total. The molecule has 1 aliphatic heterocycles. The maximum absolute atomic E-state index is 11.5. The molecule has 2 N–H and O–H groups in total. The van der Waals surface area contributed by atoms with E-state index in [-0.39, 0.29) is 24.4 Å². The van der Waals surface area contributed by atoms with Gasteiger partial charge in [-0.25, -0.2) is 9.67 Å². The van der Waals surface area contributed by atoms with Crippen molar-refractivity contribution >= 4 is 11.8 Å². The number of nitrogens with zero attached hydrogens (tertiary/aromatic N) is 3. The summed E-state index contributed by atoms with van der Waals surface area (Å²) in [5.74, 6) is -0.0755. The van der Waals surface area contributed by atoms with Crippen molar-refractivity contribution in [2.45, 2.75) is 25.4 Å². The summed E-state index contributed by atoms with van der Waals surface area (Å²) in [6.45, 7) is 0.659. The molecular weight excluding hydrogens is 210 g/mol. The van der Waals surface area contributed by atoms with E-state index in [1.807, 2.05) is 0 Å². The maximum atomic E-state index is 11.5. The van der Waals surface area contributed by atoms with Crippen molar-refractivity contribution in [3.05, 3.63) is 12.7 Å². The van der Waals surface area contributed by atoms with E-state index in [1.54, 1.807) is 0 Å². The third-order valence-corrected chi connectivity index (χ3v) is 2.40. The Morgan fingerprint density at radius 1 is 1.69 bits per heavy atom. The summed E-state index contributed by atoms with van der Waals surface area (Å²) in [7, 11) is 0. The molecule has 0 spiro atoms. The lowest BCUT2D eigenvalue weighted by molar-refractivity contribution is -0.126. The van der Waals surface area contributed by atoms with E-state index in [4.69, 9.17) is 0 Å². The second-order valence-corrected chi connectivity index (χ2v) is 3.70. The van der Waals surface area contributed by atoms with Crippen molar-refractivity contribution in [1.82, 2.24) is 25.4 Å². The van der Waals surface area contributed by atoms with Crippen LogP contribution >= 0.6 is 0 Å². The number of hydrogen-bond donors (Lipinski definition) is 2. The average Bonchev–Trinajstić information content (AvgIpc) is 2.74. The van der Waals surface area contributed by atoms with Gasteiger partial charge in [-0.1, -0.05) is 0 Å². The monoisotopic (exact) mass is 223 g/mol. The fraction of sp³-hybridized carbons (Fsp3) is 0.556. The van der Waals surface area contributed by atoms with Crippen molar-refractivity contribution in [2.24, 2.45) is 0 Å². The molecule has 1 unspecified atom stereocenters. The van der Waals surface area contributed by atoms with Crippen LogP contribution in [0.25, 0.3) is 0 Å². The fourth-order valence-electron chi connectivity index (χ4n) is 1.59. The molecule has 2 amide bonds. The van der Waals surface area contributed by atoms with E-state index in [0.29, 0.717) is 19.4 Å². The second kappa shape index (κ2) is 4.73. The molecule has 7 heteroatoms. The summed E-state index contributed by atoms with van der Waals surface area (Å²) in [6, 6.07) is 0.0220. The number of nitrogens with one attached hydrogen (secondary N) is 2. The lowest BCUT2D eigenvalue weighted by Crippen LogP contribution is -2.48. The van der Waals surface area contributed by atoms with Crippen molar-refractivity contribution in [3.8, 4) is 0 Å². The standard InChI is InChI=1S/C9H13N5O2/c15-8-2-1-7(3-11-8)13-9(16)4-14-6-10-5-12-14/h5-7H,1-4H2,(H,11,15)(H,13,16). The van der Waals surface area contributed by atoms with Crippen molar-refractivity contribution < 1.29 is 9.59 Å². The minimum Gasteiger partial charge on any atom is -0.354 e. The molecule has 1 aliphatic rings. The van der Waals surface area contributed by atoms with Crippen LogP contribution in [0.4, 0.5) is 0 Å². The number of amides is 2. The Hall–Kier alpha value is -1.92. The van der Waals surface area contributed by atoms with E-state index in [1.165, 1.54) is 17.3 Å². The first kappa shape index (κ1) is 10.6. The van der Waals surface area contributed by atoms with Crippen molar-refractivity contribution in [3.63, 3.8) is 0 Å². The molecule has 1 aromatic heterocycles. The minimum atomic E-state index is -0.119. The predicted octanol–water partition coefficient (Wildman–Crippen LogP) is -1.33. The number of carbonyl (C=O) groups is 2. The molecule has 16 heavy (non-hydrogen) atoms. The molecule has 1 atom stereocenters. The molecule has 0 aromatic carbocycles. The Morgan fingerprint density at radius 3 is 3.19 bits per heavy atom. The Morgan fingerprint density at radius 2 is 2.56 bits per heavy atom. The normalized spacial score (nSPS) is 20.2.